The third-order valence-corrected chi connectivity index (χ3v) is 4.49. The molecule has 0 heterocycles. The van der Waals surface area contributed by atoms with Crippen LogP contribution in [0.2, 0.25) is 0 Å². The van der Waals surface area contributed by atoms with Crippen molar-refractivity contribution in [2.75, 3.05) is 24.3 Å². The molecule has 0 amide bonds. The van der Waals surface area contributed by atoms with E-state index in [0.29, 0.717) is 17.9 Å². The Balaban J connectivity index is 2.14. The standard InChI is InChI=1S/C22H22F2N2O/c1-3-26(20-13-17(23)12-18(24)14-20)22(16-5-4-6-19(25)11-16)15-7-9-21(27-2)10-8-15/h4-14,22H,3,25H2,1-2H3. The van der Waals surface area contributed by atoms with Crippen LogP contribution in [0.4, 0.5) is 20.2 Å². The Hall–Kier alpha value is -3.08. The van der Waals surface area contributed by atoms with Gasteiger partial charge in [0.25, 0.3) is 0 Å². The van der Waals surface area contributed by atoms with E-state index in [0.717, 1.165) is 22.9 Å². The molecule has 0 aliphatic carbocycles. The van der Waals surface area contributed by atoms with Gasteiger partial charge in [-0.3, -0.25) is 0 Å². The molecule has 0 saturated heterocycles. The first kappa shape index (κ1) is 18.7. The summed E-state index contributed by atoms with van der Waals surface area (Å²) in [5.41, 5.74) is 9.00. The maximum atomic E-state index is 13.9. The fourth-order valence-electron chi connectivity index (χ4n) is 3.29. The van der Waals surface area contributed by atoms with E-state index in [1.54, 1.807) is 7.11 Å². The number of ether oxygens (including phenoxy) is 1. The van der Waals surface area contributed by atoms with Gasteiger partial charge in [-0.15, -0.1) is 0 Å². The maximum absolute atomic E-state index is 13.9. The van der Waals surface area contributed by atoms with E-state index in [1.165, 1.54) is 12.1 Å². The zero-order chi connectivity index (χ0) is 19.4. The van der Waals surface area contributed by atoms with Crippen molar-refractivity contribution >= 4 is 11.4 Å². The number of nitrogen functional groups attached to an aromatic ring is 1. The number of methoxy groups -OCH3 is 1. The Kier molecular flexibility index (Phi) is 5.60. The molecular weight excluding hydrogens is 346 g/mol. The molecule has 1 atom stereocenters. The summed E-state index contributed by atoms with van der Waals surface area (Å²) < 4.78 is 32.9. The molecule has 1 unspecified atom stereocenters. The number of benzene rings is 3. The number of hydrogen-bond acceptors (Lipinski definition) is 3. The minimum absolute atomic E-state index is 0.259. The van der Waals surface area contributed by atoms with Gasteiger partial charge in [0.1, 0.15) is 17.4 Å². The van der Waals surface area contributed by atoms with Crippen molar-refractivity contribution in [1.82, 2.24) is 0 Å². The van der Waals surface area contributed by atoms with Crippen LogP contribution >= 0.6 is 0 Å². The molecule has 0 aromatic heterocycles. The van der Waals surface area contributed by atoms with E-state index in [9.17, 15) is 8.78 Å². The van der Waals surface area contributed by atoms with Crippen molar-refractivity contribution in [3.05, 3.63) is 89.5 Å². The van der Waals surface area contributed by atoms with Crippen LogP contribution in [0.1, 0.15) is 24.1 Å². The van der Waals surface area contributed by atoms with E-state index < -0.39 is 11.6 Å². The summed E-state index contributed by atoms with van der Waals surface area (Å²) >= 11 is 0. The van der Waals surface area contributed by atoms with Crippen LogP contribution in [-0.2, 0) is 0 Å². The molecule has 3 aromatic carbocycles. The topological polar surface area (TPSA) is 38.5 Å². The predicted molar refractivity (Wildman–Crippen MR) is 105 cm³/mol. The Bertz CT molecular complexity index is 892. The highest BCUT2D eigenvalue weighted by Gasteiger charge is 2.23. The Morgan fingerprint density at radius 2 is 1.59 bits per heavy atom. The van der Waals surface area contributed by atoms with Crippen LogP contribution < -0.4 is 15.4 Å². The van der Waals surface area contributed by atoms with Crippen molar-refractivity contribution in [3.8, 4) is 5.75 Å². The summed E-state index contributed by atoms with van der Waals surface area (Å²) in [5.74, 6) is -0.473. The number of nitrogens with two attached hydrogens (primary N) is 1. The molecule has 0 radical (unpaired) electrons. The fourth-order valence-corrected chi connectivity index (χ4v) is 3.29. The Morgan fingerprint density at radius 3 is 2.15 bits per heavy atom. The average molecular weight is 368 g/mol. The van der Waals surface area contributed by atoms with Gasteiger partial charge in [0.15, 0.2) is 0 Å². The molecule has 2 N–H and O–H groups in total. The number of hydrogen-bond donors (Lipinski definition) is 1. The third-order valence-electron chi connectivity index (χ3n) is 4.49. The van der Waals surface area contributed by atoms with Gasteiger partial charge in [0, 0.05) is 24.0 Å². The van der Waals surface area contributed by atoms with Crippen molar-refractivity contribution in [2.24, 2.45) is 0 Å². The second-order valence-electron chi connectivity index (χ2n) is 6.26. The minimum atomic E-state index is -0.607. The number of rotatable bonds is 6. The first-order valence-electron chi connectivity index (χ1n) is 8.74. The van der Waals surface area contributed by atoms with Crippen LogP contribution in [0.3, 0.4) is 0 Å². The molecule has 5 heteroatoms. The quantitative estimate of drug-likeness (QED) is 0.610. The lowest BCUT2D eigenvalue weighted by atomic mass is 9.95. The van der Waals surface area contributed by atoms with Gasteiger partial charge in [-0.25, -0.2) is 8.78 Å². The molecule has 3 nitrogen and oxygen atoms in total. The van der Waals surface area contributed by atoms with Crippen molar-refractivity contribution in [1.29, 1.82) is 0 Å². The maximum Gasteiger partial charge on any atom is 0.128 e. The highest BCUT2D eigenvalue weighted by molar-refractivity contribution is 5.55. The van der Waals surface area contributed by atoms with Crippen LogP contribution in [0.25, 0.3) is 0 Å². The molecule has 0 spiro atoms. The number of halogens is 2. The normalized spacial score (nSPS) is 11.9. The van der Waals surface area contributed by atoms with Gasteiger partial charge < -0.3 is 15.4 Å². The lowest BCUT2D eigenvalue weighted by Gasteiger charge is -2.34. The SMILES string of the molecule is CCN(c1cc(F)cc(F)c1)C(c1ccc(OC)cc1)c1cccc(N)c1. The first-order chi connectivity index (χ1) is 13.0. The van der Waals surface area contributed by atoms with Gasteiger partial charge >= 0.3 is 0 Å². The van der Waals surface area contributed by atoms with Crippen molar-refractivity contribution in [2.45, 2.75) is 13.0 Å². The molecule has 3 aromatic rings. The summed E-state index contributed by atoms with van der Waals surface area (Å²) in [5, 5.41) is 0. The summed E-state index contributed by atoms with van der Waals surface area (Å²) in [4.78, 5) is 1.95. The second kappa shape index (κ2) is 8.08. The smallest absolute Gasteiger partial charge is 0.128 e. The third kappa shape index (κ3) is 4.19. The van der Waals surface area contributed by atoms with E-state index in [4.69, 9.17) is 10.5 Å². The zero-order valence-corrected chi connectivity index (χ0v) is 15.3. The lowest BCUT2D eigenvalue weighted by molar-refractivity contribution is 0.414. The van der Waals surface area contributed by atoms with Gasteiger partial charge in [0.2, 0.25) is 0 Å². The van der Waals surface area contributed by atoms with Crippen molar-refractivity contribution in [3.63, 3.8) is 0 Å². The summed E-state index contributed by atoms with van der Waals surface area (Å²) in [6.45, 7) is 2.50. The predicted octanol–water partition coefficient (Wildman–Crippen LogP) is 5.17. The molecular formula is C22H22F2N2O. The average Bonchev–Trinajstić information content (AvgIpc) is 2.65. The highest BCUT2D eigenvalue weighted by Crippen LogP contribution is 2.35. The molecule has 0 aliphatic rings. The van der Waals surface area contributed by atoms with Crippen LogP contribution in [0, 0.1) is 11.6 Å². The van der Waals surface area contributed by atoms with Crippen LogP contribution in [0.15, 0.2) is 66.7 Å². The zero-order valence-electron chi connectivity index (χ0n) is 15.3. The van der Waals surface area contributed by atoms with E-state index in [-0.39, 0.29) is 6.04 Å². The van der Waals surface area contributed by atoms with Gasteiger partial charge in [-0.05, 0) is 54.4 Å². The Labute approximate surface area is 158 Å². The highest BCUT2D eigenvalue weighted by atomic mass is 19.1. The van der Waals surface area contributed by atoms with Gasteiger partial charge in [-0.1, -0.05) is 24.3 Å². The minimum Gasteiger partial charge on any atom is -0.497 e. The van der Waals surface area contributed by atoms with Crippen LogP contribution in [0.5, 0.6) is 5.75 Å². The molecule has 0 saturated carbocycles. The van der Waals surface area contributed by atoms with E-state index in [2.05, 4.69) is 0 Å². The lowest BCUT2D eigenvalue weighted by Crippen LogP contribution is -2.29. The Morgan fingerprint density at radius 1 is 0.926 bits per heavy atom. The summed E-state index contributed by atoms with van der Waals surface area (Å²) in [6, 6.07) is 18.5. The van der Waals surface area contributed by atoms with Crippen LogP contribution in [-0.4, -0.2) is 13.7 Å². The monoisotopic (exact) mass is 368 g/mol. The number of nitrogens with zero attached hydrogens (tertiary/aromatic N) is 1. The number of anilines is 2. The first-order valence-corrected chi connectivity index (χ1v) is 8.74. The molecule has 0 fully saturated rings. The molecule has 27 heavy (non-hydrogen) atoms. The van der Waals surface area contributed by atoms with Gasteiger partial charge in [0.05, 0.1) is 13.2 Å². The summed E-state index contributed by atoms with van der Waals surface area (Å²) in [6.07, 6.45) is 0. The van der Waals surface area contributed by atoms with E-state index in [1.807, 2.05) is 60.4 Å². The molecule has 140 valence electrons. The van der Waals surface area contributed by atoms with Gasteiger partial charge in [-0.2, -0.15) is 0 Å². The molecule has 3 rings (SSSR count). The van der Waals surface area contributed by atoms with Crippen molar-refractivity contribution < 1.29 is 13.5 Å². The largest absolute Gasteiger partial charge is 0.497 e. The summed E-state index contributed by atoms with van der Waals surface area (Å²) in [7, 11) is 1.61. The second-order valence-corrected chi connectivity index (χ2v) is 6.26. The molecule has 0 aliphatic heterocycles. The molecule has 0 bridgehead atoms. The fraction of sp³-hybridized carbons (Fsp3) is 0.182. The van der Waals surface area contributed by atoms with E-state index >= 15 is 0 Å².